The number of sulfone groups is 1. The fraction of sp³-hybridized carbons (Fsp3) is 0.450. The highest BCUT2D eigenvalue weighted by Crippen LogP contribution is 2.34. The first-order chi connectivity index (χ1) is 14.7. The first-order valence-corrected chi connectivity index (χ1v) is 12.3. The van der Waals surface area contributed by atoms with E-state index in [1.54, 1.807) is 0 Å². The molecule has 0 aliphatic heterocycles. The van der Waals surface area contributed by atoms with Crippen LogP contribution in [0.15, 0.2) is 33.9 Å². The molecule has 2 N–H and O–H groups in total. The van der Waals surface area contributed by atoms with Gasteiger partial charge in [0.2, 0.25) is 20.8 Å². The van der Waals surface area contributed by atoms with Gasteiger partial charge in [0.25, 0.3) is 5.91 Å². The molecule has 2 aliphatic rings. The van der Waals surface area contributed by atoms with Gasteiger partial charge in [-0.3, -0.25) is 9.59 Å². The molecule has 4 rings (SSSR count). The topological polar surface area (TPSA) is 118 Å². The molecule has 11 heteroatoms. The number of hydrogen-bond acceptors (Lipinski definition) is 6. The van der Waals surface area contributed by atoms with Crippen LogP contribution < -0.4 is 10.6 Å². The van der Waals surface area contributed by atoms with E-state index < -0.39 is 21.0 Å². The smallest absolute Gasteiger partial charge is 0.287 e. The molecule has 31 heavy (non-hydrogen) atoms. The Kier molecular flexibility index (Phi) is 6.27. The van der Waals surface area contributed by atoms with E-state index in [-0.39, 0.29) is 33.9 Å². The number of carbonyl (C=O) groups excluding carboxylic acids is 2. The van der Waals surface area contributed by atoms with Crippen LogP contribution in [0, 0.1) is 5.92 Å². The number of anilines is 1. The van der Waals surface area contributed by atoms with E-state index in [1.807, 2.05) is 0 Å². The summed E-state index contributed by atoms with van der Waals surface area (Å²) in [7, 11) is -3.47. The van der Waals surface area contributed by atoms with Crippen molar-refractivity contribution in [2.75, 3.05) is 5.32 Å². The molecule has 0 saturated heterocycles. The van der Waals surface area contributed by atoms with Gasteiger partial charge in [-0.15, -0.1) is 0 Å². The summed E-state index contributed by atoms with van der Waals surface area (Å²) in [6.45, 7) is 0. The molecule has 0 spiro atoms. The summed E-state index contributed by atoms with van der Waals surface area (Å²) in [4.78, 5) is 28.9. The Morgan fingerprint density at radius 3 is 2.42 bits per heavy atom. The number of pyridine rings is 1. The summed E-state index contributed by atoms with van der Waals surface area (Å²) in [5, 5.41) is 5.64. The molecule has 0 atom stereocenters. The largest absolute Gasteiger partial charge is 0.440 e. The average molecular weight is 486 g/mol. The Balaban J connectivity index is 1.28. The third kappa shape index (κ3) is 5.05. The van der Waals surface area contributed by atoms with Gasteiger partial charge in [-0.05, 0) is 56.7 Å². The number of aromatic nitrogens is 1. The Bertz CT molecular complexity index is 1110. The Labute approximate surface area is 189 Å². The van der Waals surface area contributed by atoms with Crippen molar-refractivity contribution >= 4 is 50.5 Å². The fourth-order valence-electron chi connectivity index (χ4n) is 3.63. The number of hydrogen-bond donors (Lipinski definition) is 2. The predicted molar refractivity (Wildman–Crippen MR) is 115 cm³/mol. The van der Waals surface area contributed by atoms with Gasteiger partial charge in [-0.25, -0.2) is 13.4 Å². The van der Waals surface area contributed by atoms with Gasteiger partial charge in [-0.2, -0.15) is 0 Å². The maximum atomic E-state index is 12.5. The van der Waals surface area contributed by atoms with Crippen LogP contribution in [0.2, 0.25) is 10.2 Å². The van der Waals surface area contributed by atoms with Gasteiger partial charge in [0, 0.05) is 12.0 Å². The third-order valence-corrected chi connectivity index (χ3v) is 8.21. The number of furan rings is 1. The first kappa shape index (κ1) is 22.1. The highest BCUT2D eigenvalue weighted by Gasteiger charge is 2.39. The van der Waals surface area contributed by atoms with Crippen LogP contribution in [0.4, 0.5) is 5.69 Å². The van der Waals surface area contributed by atoms with E-state index in [1.165, 1.54) is 24.4 Å². The molecule has 0 radical (unpaired) electrons. The molecule has 0 bridgehead atoms. The van der Waals surface area contributed by atoms with Crippen molar-refractivity contribution < 1.29 is 22.4 Å². The molecule has 2 saturated carbocycles. The first-order valence-electron chi connectivity index (χ1n) is 10.0. The lowest BCUT2D eigenvalue weighted by atomic mass is 9.85. The molecule has 2 aromatic rings. The van der Waals surface area contributed by atoms with Crippen LogP contribution in [0.5, 0.6) is 0 Å². The van der Waals surface area contributed by atoms with E-state index in [9.17, 15) is 18.0 Å². The molecular formula is C20H21Cl2N3O5S. The molecule has 2 aromatic heterocycles. The van der Waals surface area contributed by atoms with Gasteiger partial charge in [-0.1, -0.05) is 23.2 Å². The monoisotopic (exact) mass is 485 g/mol. The van der Waals surface area contributed by atoms with Crippen molar-refractivity contribution in [3.63, 3.8) is 0 Å². The zero-order valence-corrected chi connectivity index (χ0v) is 18.8. The lowest BCUT2D eigenvalue weighted by Gasteiger charge is -2.28. The fourth-order valence-corrected chi connectivity index (χ4v) is 5.59. The SMILES string of the molecule is O=C(NC1CCC(C(=O)Nc2cnc(Cl)cc2Cl)CC1)c1ccc(S(=O)(=O)C2CC2)o1. The highest BCUT2D eigenvalue weighted by atomic mass is 35.5. The second kappa shape index (κ2) is 8.80. The minimum Gasteiger partial charge on any atom is -0.440 e. The minimum absolute atomic E-state index is 0.0241. The van der Waals surface area contributed by atoms with E-state index in [0.717, 1.165) is 0 Å². The van der Waals surface area contributed by atoms with E-state index in [0.29, 0.717) is 49.2 Å². The van der Waals surface area contributed by atoms with Crippen molar-refractivity contribution in [1.29, 1.82) is 0 Å². The Morgan fingerprint density at radius 2 is 1.77 bits per heavy atom. The molecule has 2 fully saturated rings. The molecule has 2 amide bonds. The summed E-state index contributed by atoms with van der Waals surface area (Å²) in [6, 6.07) is 4.06. The van der Waals surface area contributed by atoms with Crippen LogP contribution in [-0.4, -0.2) is 36.5 Å². The molecule has 2 heterocycles. The molecular weight excluding hydrogens is 465 g/mol. The highest BCUT2D eigenvalue weighted by molar-refractivity contribution is 7.92. The van der Waals surface area contributed by atoms with Crippen molar-refractivity contribution in [2.45, 2.75) is 54.9 Å². The number of rotatable bonds is 6. The Morgan fingerprint density at radius 1 is 1.06 bits per heavy atom. The third-order valence-electron chi connectivity index (χ3n) is 5.56. The lowest BCUT2D eigenvalue weighted by Crippen LogP contribution is -2.39. The van der Waals surface area contributed by atoms with Crippen LogP contribution in [0.3, 0.4) is 0 Å². The summed E-state index contributed by atoms with van der Waals surface area (Å²) in [5.41, 5.74) is 0.404. The summed E-state index contributed by atoms with van der Waals surface area (Å²) in [6.07, 6.45) is 5.08. The van der Waals surface area contributed by atoms with Crippen molar-refractivity contribution in [2.24, 2.45) is 5.92 Å². The second-order valence-corrected chi connectivity index (χ2v) is 10.8. The van der Waals surface area contributed by atoms with E-state index in [2.05, 4.69) is 15.6 Å². The average Bonchev–Trinajstić information content (AvgIpc) is 3.47. The molecule has 0 unspecified atom stereocenters. The van der Waals surface area contributed by atoms with Crippen molar-refractivity contribution in [3.05, 3.63) is 40.3 Å². The molecule has 8 nitrogen and oxygen atoms in total. The lowest BCUT2D eigenvalue weighted by molar-refractivity contribution is -0.120. The minimum atomic E-state index is -3.47. The normalized spacial score (nSPS) is 21.5. The van der Waals surface area contributed by atoms with Crippen LogP contribution in [0.1, 0.15) is 49.1 Å². The standard InChI is InChI=1S/C20H21Cl2N3O5S/c21-14-9-17(22)23-10-15(14)25-19(26)11-1-3-12(4-2-11)24-20(27)16-7-8-18(30-16)31(28,29)13-5-6-13/h7-13H,1-6H2,(H,24,27)(H,25,26). The van der Waals surface area contributed by atoms with Crippen LogP contribution in [-0.2, 0) is 14.6 Å². The van der Waals surface area contributed by atoms with Crippen LogP contribution >= 0.6 is 23.2 Å². The number of halogens is 2. The van der Waals surface area contributed by atoms with Crippen molar-refractivity contribution in [3.8, 4) is 0 Å². The Hall–Kier alpha value is -2.10. The quantitative estimate of drug-likeness (QED) is 0.599. The second-order valence-electron chi connectivity index (χ2n) is 7.86. The maximum Gasteiger partial charge on any atom is 0.287 e. The zero-order valence-electron chi connectivity index (χ0n) is 16.4. The van der Waals surface area contributed by atoms with E-state index in [4.69, 9.17) is 27.6 Å². The summed E-state index contributed by atoms with van der Waals surface area (Å²) in [5.74, 6) is -0.844. The van der Waals surface area contributed by atoms with E-state index >= 15 is 0 Å². The number of nitrogens with zero attached hydrogens (tertiary/aromatic N) is 1. The predicted octanol–water partition coefficient (Wildman–Crippen LogP) is 3.84. The number of amides is 2. The van der Waals surface area contributed by atoms with Crippen LogP contribution in [0.25, 0.3) is 0 Å². The number of nitrogens with one attached hydrogen (secondary N) is 2. The molecule has 0 aromatic carbocycles. The molecule has 166 valence electrons. The van der Waals surface area contributed by atoms with Gasteiger partial charge in [0.1, 0.15) is 5.15 Å². The maximum absolute atomic E-state index is 12.5. The summed E-state index contributed by atoms with van der Waals surface area (Å²) < 4.78 is 29.7. The van der Waals surface area contributed by atoms with Gasteiger partial charge in [0.15, 0.2) is 5.76 Å². The number of carbonyl (C=O) groups is 2. The van der Waals surface area contributed by atoms with Gasteiger partial charge >= 0.3 is 0 Å². The van der Waals surface area contributed by atoms with Gasteiger partial charge < -0.3 is 15.1 Å². The summed E-state index contributed by atoms with van der Waals surface area (Å²) >= 11 is 11.8. The molecule has 2 aliphatic carbocycles. The van der Waals surface area contributed by atoms with Gasteiger partial charge in [0.05, 0.1) is 22.2 Å². The van der Waals surface area contributed by atoms with Crippen molar-refractivity contribution in [1.82, 2.24) is 10.3 Å². The zero-order chi connectivity index (χ0) is 22.2.